The molecule has 0 saturated heterocycles. The Morgan fingerprint density at radius 3 is 2.65 bits per heavy atom. The number of thiazole rings is 1. The molecule has 106 valence electrons. The summed E-state index contributed by atoms with van der Waals surface area (Å²) < 4.78 is 0. The van der Waals surface area contributed by atoms with Gasteiger partial charge in [-0.1, -0.05) is 17.7 Å². The van der Waals surface area contributed by atoms with Crippen LogP contribution in [0.1, 0.15) is 23.7 Å². The van der Waals surface area contributed by atoms with Crippen molar-refractivity contribution in [1.82, 2.24) is 4.98 Å². The van der Waals surface area contributed by atoms with Crippen molar-refractivity contribution in [2.75, 3.05) is 10.6 Å². The van der Waals surface area contributed by atoms with Gasteiger partial charge < -0.3 is 10.6 Å². The molecule has 5 heteroatoms. The number of carbonyl (C=O) groups is 1. The molecule has 0 fully saturated rings. The van der Waals surface area contributed by atoms with Crippen LogP contribution in [0.25, 0.3) is 0 Å². The molecule has 1 aromatic heterocycles. The molecular weight excluding hydrogens is 270 g/mol. The predicted octanol–water partition coefficient (Wildman–Crippen LogP) is 3.51. The molecule has 0 unspecified atom stereocenters. The molecule has 0 bridgehead atoms. The number of rotatable bonds is 4. The molecular formula is C15H19N3OS. The Morgan fingerprint density at radius 2 is 2.05 bits per heavy atom. The third-order valence-electron chi connectivity index (χ3n) is 3.00. The smallest absolute Gasteiger partial charge is 0.248 e. The van der Waals surface area contributed by atoms with Crippen molar-refractivity contribution in [3.63, 3.8) is 0 Å². The van der Waals surface area contributed by atoms with Gasteiger partial charge in [-0.2, -0.15) is 0 Å². The first-order valence-electron chi connectivity index (χ1n) is 6.52. The van der Waals surface area contributed by atoms with Crippen LogP contribution in [-0.4, -0.2) is 16.9 Å². The zero-order valence-electron chi connectivity index (χ0n) is 12.2. The molecule has 2 N–H and O–H groups in total. The first-order valence-corrected chi connectivity index (χ1v) is 7.40. The lowest BCUT2D eigenvalue weighted by atomic mass is 10.1. The molecule has 1 aromatic carbocycles. The number of benzene rings is 1. The highest BCUT2D eigenvalue weighted by molar-refractivity contribution is 7.13. The Kier molecular flexibility index (Phi) is 4.39. The minimum absolute atomic E-state index is 0.0840. The van der Waals surface area contributed by atoms with E-state index in [0.29, 0.717) is 5.13 Å². The molecule has 0 spiro atoms. The summed E-state index contributed by atoms with van der Waals surface area (Å²) in [5.41, 5.74) is 4.24. The number of aryl methyl sites for hydroxylation is 3. The minimum atomic E-state index is -0.319. The first kappa shape index (κ1) is 14.5. The van der Waals surface area contributed by atoms with E-state index in [-0.39, 0.29) is 11.9 Å². The van der Waals surface area contributed by atoms with Crippen molar-refractivity contribution >= 4 is 28.1 Å². The van der Waals surface area contributed by atoms with Crippen LogP contribution in [0.3, 0.4) is 0 Å². The highest BCUT2D eigenvalue weighted by atomic mass is 32.1. The van der Waals surface area contributed by atoms with Crippen LogP contribution in [0, 0.1) is 20.8 Å². The third kappa shape index (κ3) is 3.57. The van der Waals surface area contributed by atoms with Crippen LogP contribution < -0.4 is 10.6 Å². The van der Waals surface area contributed by atoms with Gasteiger partial charge in [-0.15, -0.1) is 11.3 Å². The van der Waals surface area contributed by atoms with E-state index < -0.39 is 0 Å². The maximum Gasteiger partial charge on any atom is 0.248 e. The van der Waals surface area contributed by atoms with Crippen molar-refractivity contribution in [2.24, 2.45) is 0 Å². The molecule has 4 nitrogen and oxygen atoms in total. The fraction of sp³-hybridized carbons (Fsp3) is 0.333. The molecule has 20 heavy (non-hydrogen) atoms. The summed E-state index contributed by atoms with van der Waals surface area (Å²) in [5.74, 6) is -0.0840. The molecule has 0 aliphatic rings. The standard InChI is InChI=1S/C15H19N3OS/c1-9-5-6-13(10(2)7-9)17-12(4)14(19)18-15-16-11(3)8-20-15/h5-8,12,17H,1-4H3,(H,16,18,19)/t12-/m0/s1. The van der Waals surface area contributed by atoms with Gasteiger partial charge in [-0.3, -0.25) is 4.79 Å². The summed E-state index contributed by atoms with van der Waals surface area (Å²) in [4.78, 5) is 16.3. The fourth-order valence-electron chi connectivity index (χ4n) is 1.90. The summed E-state index contributed by atoms with van der Waals surface area (Å²) >= 11 is 1.44. The molecule has 0 aliphatic carbocycles. The average Bonchev–Trinajstić information content (AvgIpc) is 2.78. The second-order valence-corrected chi connectivity index (χ2v) is 5.83. The number of nitrogens with zero attached hydrogens (tertiary/aromatic N) is 1. The summed E-state index contributed by atoms with van der Waals surface area (Å²) in [5, 5.41) is 8.60. The SMILES string of the molecule is Cc1ccc(N[C@@H](C)C(=O)Nc2nc(C)cs2)c(C)c1. The maximum absolute atomic E-state index is 12.1. The van der Waals surface area contributed by atoms with Gasteiger partial charge >= 0.3 is 0 Å². The van der Waals surface area contributed by atoms with Crippen molar-refractivity contribution in [2.45, 2.75) is 33.7 Å². The van der Waals surface area contributed by atoms with E-state index in [4.69, 9.17) is 0 Å². The predicted molar refractivity (Wildman–Crippen MR) is 84.5 cm³/mol. The average molecular weight is 289 g/mol. The molecule has 1 amide bonds. The first-order chi connectivity index (χ1) is 9.45. The lowest BCUT2D eigenvalue weighted by Crippen LogP contribution is -2.32. The summed E-state index contributed by atoms with van der Waals surface area (Å²) in [6.45, 7) is 7.83. The van der Waals surface area contributed by atoms with Gasteiger partial charge in [0, 0.05) is 11.1 Å². The van der Waals surface area contributed by atoms with Crippen molar-refractivity contribution in [3.05, 3.63) is 40.4 Å². The number of aromatic nitrogens is 1. The van der Waals surface area contributed by atoms with Gasteiger partial charge in [0.05, 0.1) is 5.69 Å². The van der Waals surface area contributed by atoms with Crippen LogP contribution in [0.15, 0.2) is 23.6 Å². The maximum atomic E-state index is 12.1. The number of nitrogens with one attached hydrogen (secondary N) is 2. The Hall–Kier alpha value is -1.88. The van der Waals surface area contributed by atoms with Crippen molar-refractivity contribution in [1.29, 1.82) is 0 Å². The molecule has 0 aliphatic heterocycles. The van der Waals surface area contributed by atoms with E-state index in [1.807, 2.05) is 38.3 Å². The van der Waals surface area contributed by atoms with Crippen LogP contribution in [-0.2, 0) is 4.79 Å². The van der Waals surface area contributed by atoms with Crippen LogP contribution in [0.4, 0.5) is 10.8 Å². The highest BCUT2D eigenvalue weighted by Crippen LogP contribution is 2.18. The van der Waals surface area contributed by atoms with Crippen LogP contribution in [0.5, 0.6) is 0 Å². The summed E-state index contributed by atoms with van der Waals surface area (Å²) in [6.07, 6.45) is 0. The molecule has 1 heterocycles. The number of hydrogen-bond acceptors (Lipinski definition) is 4. The summed E-state index contributed by atoms with van der Waals surface area (Å²) in [6, 6.07) is 5.81. The van der Waals surface area contributed by atoms with Gasteiger partial charge in [0.15, 0.2) is 5.13 Å². The topological polar surface area (TPSA) is 54.0 Å². The lowest BCUT2D eigenvalue weighted by Gasteiger charge is -2.16. The van der Waals surface area contributed by atoms with E-state index in [2.05, 4.69) is 28.6 Å². The number of amides is 1. The van der Waals surface area contributed by atoms with E-state index in [1.165, 1.54) is 16.9 Å². The van der Waals surface area contributed by atoms with Gasteiger partial charge in [-0.25, -0.2) is 4.98 Å². The zero-order chi connectivity index (χ0) is 14.7. The largest absolute Gasteiger partial charge is 0.374 e. The molecule has 2 rings (SSSR count). The Labute approximate surface area is 123 Å². The second kappa shape index (κ2) is 6.05. The van der Waals surface area contributed by atoms with Crippen LogP contribution >= 0.6 is 11.3 Å². The normalized spacial score (nSPS) is 12.0. The van der Waals surface area contributed by atoms with E-state index in [0.717, 1.165) is 16.9 Å². The number of anilines is 2. The second-order valence-electron chi connectivity index (χ2n) is 4.97. The van der Waals surface area contributed by atoms with E-state index in [9.17, 15) is 4.79 Å². The van der Waals surface area contributed by atoms with Gasteiger partial charge in [0.2, 0.25) is 5.91 Å². The van der Waals surface area contributed by atoms with Crippen molar-refractivity contribution < 1.29 is 4.79 Å². The monoisotopic (exact) mass is 289 g/mol. The van der Waals surface area contributed by atoms with E-state index >= 15 is 0 Å². The molecule has 0 saturated carbocycles. The summed E-state index contributed by atoms with van der Waals surface area (Å²) in [7, 11) is 0. The van der Waals surface area contributed by atoms with Gasteiger partial charge in [0.25, 0.3) is 0 Å². The number of hydrogen-bond donors (Lipinski definition) is 2. The van der Waals surface area contributed by atoms with E-state index in [1.54, 1.807) is 0 Å². The quantitative estimate of drug-likeness (QED) is 0.905. The fourth-order valence-corrected chi connectivity index (χ4v) is 2.59. The minimum Gasteiger partial charge on any atom is -0.374 e. The van der Waals surface area contributed by atoms with Gasteiger partial charge in [0.1, 0.15) is 6.04 Å². The van der Waals surface area contributed by atoms with Gasteiger partial charge in [-0.05, 0) is 39.3 Å². The molecule has 0 radical (unpaired) electrons. The number of carbonyl (C=O) groups excluding carboxylic acids is 1. The van der Waals surface area contributed by atoms with Crippen LogP contribution in [0.2, 0.25) is 0 Å². The Balaban J connectivity index is 2.00. The Bertz CT molecular complexity index is 621. The highest BCUT2D eigenvalue weighted by Gasteiger charge is 2.14. The molecule has 2 aromatic rings. The molecule has 1 atom stereocenters. The third-order valence-corrected chi connectivity index (χ3v) is 3.87. The Morgan fingerprint density at radius 1 is 1.30 bits per heavy atom. The van der Waals surface area contributed by atoms with Crippen molar-refractivity contribution in [3.8, 4) is 0 Å². The lowest BCUT2D eigenvalue weighted by molar-refractivity contribution is -0.116. The zero-order valence-corrected chi connectivity index (χ0v) is 13.0.